The van der Waals surface area contributed by atoms with Crippen molar-refractivity contribution in [3.8, 4) is 34.5 Å². The summed E-state index contributed by atoms with van der Waals surface area (Å²) < 4.78 is 33.6. The van der Waals surface area contributed by atoms with E-state index in [2.05, 4.69) is 10.2 Å². The number of methoxy groups -OCH3 is 6. The van der Waals surface area contributed by atoms with Gasteiger partial charge in [0, 0.05) is 37.8 Å². The van der Waals surface area contributed by atoms with Gasteiger partial charge in [-0.15, -0.1) is 0 Å². The van der Waals surface area contributed by atoms with Gasteiger partial charge < -0.3 is 33.7 Å². The van der Waals surface area contributed by atoms with Gasteiger partial charge in [-0.05, 0) is 23.8 Å². The van der Waals surface area contributed by atoms with E-state index in [-0.39, 0.29) is 6.04 Å². The molecule has 0 aliphatic carbocycles. The van der Waals surface area contributed by atoms with Crippen LogP contribution >= 0.6 is 0 Å². The summed E-state index contributed by atoms with van der Waals surface area (Å²) >= 11 is 0. The Hall–Kier alpha value is -2.84. The third-order valence-corrected chi connectivity index (χ3v) is 5.55. The summed E-state index contributed by atoms with van der Waals surface area (Å²) in [6.07, 6.45) is 0. The van der Waals surface area contributed by atoms with Crippen LogP contribution in [0, 0.1) is 0 Å². The first-order valence-electron chi connectivity index (χ1n) is 10.2. The summed E-state index contributed by atoms with van der Waals surface area (Å²) in [7, 11) is 9.76. The van der Waals surface area contributed by atoms with Gasteiger partial charge in [-0.3, -0.25) is 4.90 Å². The molecule has 0 radical (unpaired) electrons. The summed E-state index contributed by atoms with van der Waals surface area (Å²) in [5, 5.41) is 3.42. The Morgan fingerprint density at radius 1 is 0.645 bits per heavy atom. The fourth-order valence-electron chi connectivity index (χ4n) is 4.05. The Morgan fingerprint density at radius 3 is 1.65 bits per heavy atom. The van der Waals surface area contributed by atoms with E-state index in [0.717, 1.165) is 43.1 Å². The quantitative estimate of drug-likeness (QED) is 0.649. The minimum absolute atomic E-state index is 0.120. The molecule has 1 N–H and O–H groups in total. The number of rotatable bonds is 9. The van der Waals surface area contributed by atoms with E-state index in [0.29, 0.717) is 28.7 Å². The Balaban J connectivity index is 2.23. The summed E-state index contributed by atoms with van der Waals surface area (Å²) in [5.74, 6) is 3.76. The van der Waals surface area contributed by atoms with Gasteiger partial charge in [0.05, 0.1) is 48.7 Å². The first-order valence-corrected chi connectivity index (χ1v) is 10.2. The zero-order valence-electron chi connectivity index (χ0n) is 19.1. The van der Waals surface area contributed by atoms with Crippen molar-refractivity contribution >= 4 is 0 Å². The molecule has 2 aromatic carbocycles. The predicted octanol–water partition coefficient (Wildman–Crippen LogP) is 2.73. The van der Waals surface area contributed by atoms with Gasteiger partial charge >= 0.3 is 0 Å². The van der Waals surface area contributed by atoms with Crippen LogP contribution in [-0.4, -0.2) is 73.7 Å². The Morgan fingerprint density at radius 2 is 1.16 bits per heavy atom. The number of hydrogen-bond donors (Lipinski definition) is 1. The van der Waals surface area contributed by atoms with E-state index < -0.39 is 0 Å². The molecule has 0 saturated carbocycles. The van der Waals surface area contributed by atoms with Gasteiger partial charge in [0.15, 0.2) is 23.0 Å². The van der Waals surface area contributed by atoms with Gasteiger partial charge in [0.2, 0.25) is 5.75 Å². The van der Waals surface area contributed by atoms with Crippen molar-refractivity contribution in [2.24, 2.45) is 0 Å². The number of ether oxygens (including phenoxy) is 6. The highest BCUT2D eigenvalue weighted by Crippen LogP contribution is 2.46. The molecule has 0 amide bonds. The Kier molecular flexibility index (Phi) is 7.70. The highest BCUT2D eigenvalue weighted by atomic mass is 16.5. The molecule has 0 aromatic heterocycles. The van der Waals surface area contributed by atoms with Gasteiger partial charge in [0.1, 0.15) is 5.75 Å². The molecule has 1 fully saturated rings. The average Bonchev–Trinajstić information content (AvgIpc) is 2.83. The van der Waals surface area contributed by atoms with Crippen molar-refractivity contribution in [1.29, 1.82) is 0 Å². The van der Waals surface area contributed by atoms with Crippen molar-refractivity contribution in [3.05, 3.63) is 35.4 Å². The maximum Gasteiger partial charge on any atom is 0.203 e. The summed E-state index contributed by atoms with van der Waals surface area (Å²) in [6.45, 7) is 3.55. The first kappa shape index (κ1) is 22.8. The molecule has 2 aromatic rings. The summed E-state index contributed by atoms with van der Waals surface area (Å²) in [5.41, 5.74) is 1.97. The lowest BCUT2D eigenvalue weighted by Crippen LogP contribution is -2.45. The van der Waals surface area contributed by atoms with Crippen LogP contribution in [0.4, 0.5) is 0 Å². The van der Waals surface area contributed by atoms with E-state index in [1.165, 1.54) is 0 Å². The fourth-order valence-corrected chi connectivity index (χ4v) is 4.05. The minimum atomic E-state index is -0.120. The molecule has 1 unspecified atom stereocenters. The van der Waals surface area contributed by atoms with Crippen LogP contribution in [0.1, 0.15) is 17.2 Å². The second-order valence-corrected chi connectivity index (χ2v) is 7.10. The number of hydrogen-bond acceptors (Lipinski definition) is 8. The molecule has 1 atom stereocenters. The minimum Gasteiger partial charge on any atom is -0.496 e. The molecular formula is C23H32N2O6. The lowest BCUT2D eigenvalue weighted by Gasteiger charge is -2.36. The standard InChI is InChI=1S/C23H32N2O6/c1-26-17-14-19(28-3)18(27-2)13-16(17)22(25-9-7-24-8-10-25)15-11-20(29-4)23(31-6)21(12-15)30-5/h11-14,22,24H,7-10H2,1-6H3. The predicted molar refractivity (Wildman–Crippen MR) is 118 cm³/mol. The van der Waals surface area contributed by atoms with E-state index in [4.69, 9.17) is 28.4 Å². The van der Waals surface area contributed by atoms with Gasteiger partial charge in [0.25, 0.3) is 0 Å². The number of nitrogens with one attached hydrogen (secondary N) is 1. The maximum atomic E-state index is 5.77. The van der Waals surface area contributed by atoms with Crippen LogP contribution in [0.3, 0.4) is 0 Å². The van der Waals surface area contributed by atoms with Crippen molar-refractivity contribution < 1.29 is 28.4 Å². The highest BCUT2D eigenvalue weighted by molar-refractivity contribution is 5.58. The lowest BCUT2D eigenvalue weighted by molar-refractivity contribution is 0.194. The van der Waals surface area contributed by atoms with E-state index >= 15 is 0 Å². The second kappa shape index (κ2) is 10.5. The molecule has 31 heavy (non-hydrogen) atoms. The molecule has 1 heterocycles. The van der Waals surface area contributed by atoms with Gasteiger partial charge in [-0.25, -0.2) is 0 Å². The smallest absolute Gasteiger partial charge is 0.203 e. The van der Waals surface area contributed by atoms with Crippen LogP contribution in [0.2, 0.25) is 0 Å². The second-order valence-electron chi connectivity index (χ2n) is 7.10. The molecule has 3 rings (SSSR count). The average molecular weight is 433 g/mol. The number of benzene rings is 2. The molecule has 1 aliphatic rings. The first-order chi connectivity index (χ1) is 15.1. The maximum absolute atomic E-state index is 5.77. The lowest BCUT2D eigenvalue weighted by atomic mass is 9.94. The highest BCUT2D eigenvalue weighted by Gasteiger charge is 2.30. The van der Waals surface area contributed by atoms with Gasteiger partial charge in [-0.1, -0.05) is 0 Å². The van der Waals surface area contributed by atoms with Crippen LogP contribution in [0.15, 0.2) is 24.3 Å². The van der Waals surface area contributed by atoms with Crippen molar-refractivity contribution in [2.45, 2.75) is 6.04 Å². The number of piperazine rings is 1. The van der Waals surface area contributed by atoms with E-state index in [1.807, 2.05) is 24.3 Å². The largest absolute Gasteiger partial charge is 0.496 e. The van der Waals surface area contributed by atoms with Crippen LogP contribution in [0.5, 0.6) is 34.5 Å². The SMILES string of the molecule is COc1cc(OC)c(C(c2cc(OC)c(OC)c(OC)c2)N2CCNCC2)cc1OC. The fraction of sp³-hybridized carbons (Fsp3) is 0.478. The molecule has 1 saturated heterocycles. The molecule has 8 nitrogen and oxygen atoms in total. The zero-order chi connectivity index (χ0) is 22.4. The van der Waals surface area contributed by atoms with Crippen molar-refractivity contribution in [2.75, 3.05) is 68.8 Å². The van der Waals surface area contributed by atoms with Gasteiger partial charge in [-0.2, -0.15) is 0 Å². The number of nitrogens with zero attached hydrogens (tertiary/aromatic N) is 1. The molecule has 0 spiro atoms. The molecular weight excluding hydrogens is 400 g/mol. The molecule has 1 aliphatic heterocycles. The Bertz CT molecular complexity index is 858. The van der Waals surface area contributed by atoms with Crippen LogP contribution in [0.25, 0.3) is 0 Å². The topological polar surface area (TPSA) is 70.7 Å². The third-order valence-electron chi connectivity index (χ3n) is 5.55. The van der Waals surface area contributed by atoms with E-state index in [1.54, 1.807) is 42.7 Å². The van der Waals surface area contributed by atoms with Crippen molar-refractivity contribution in [1.82, 2.24) is 10.2 Å². The third kappa shape index (κ3) is 4.60. The zero-order valence-corrected chi connectivity index (χ0v) is 19.1. The molecule has 8 heteroatoms. The normalized spacial score (nSPS) is 15.2. The molecule has 170 valence electrons. The van der Waals surface area contributed by atoms with Crippen LogP contribution < -0.4 is 33.7 Å². The summed E-state index contributed by atoms with van der Waals surface area (Å²) in [6, 6.07) is 7.70. The molecule has 0 bridgehead atoms. The summed E-state index contributed by atoms with van der Waals surface area (Å²) in [4.78, 5) is 2.40. The Labute approximate surface area is 183 Å². The van der Waals surface area contributed by atoms with Crippen molar-refractivity contribution in [3.63, 3.8) is 0 Å². The monoisotopic (exact) mass is 432 g/mol. The van der Waals surface area contributed by atoms with E-state index in [9.17, 15) is 0 Å². The van der Waals surface area contributed by atoms with Crippen LogP contribution in [-0.2, 0) is 0 Å².